The van der Waals surface area contributed by atoms with Crippen molar-refractivity contribution in [2.24, 2.45) is 17.8 Å². The third-order valence-electron chi connectivity index (χ3n) is 11.8. The summed E-state index contributed by atoms with van der Waals surface area (Å²) < 4.78 is 14.1. The normalized spacial score (nSPS) is 21.2. The van der Waals surface area contributed by atoms with Gasteiger partial charge < -0.3 is 23.8 Å². The third-order valence-corrected chi connectivity index (χ3v) is 11.8. The number of carbonyl (C=O) groups excluding carboxylic acids is 2. The highest BCUT2D eigenvalue weighted by molar-refractivity contribution is 5.89. The van der Waals surface area contributed by atoms with E-state index in [1.807, 2.05) is 67.7 Å². The average Bonchev–Trinajstić information content (AvgIpc) is 3.80. The molecule has 0 bridgehead atoms. The Morgan fingerprint density at radius 3 is 2.25 bits per heavy atom. The molecule has 0 spiro atoms. The van der Waals surface area contributed by atoms with Crippen molar-refractivity contribution >= 4 is 17.6 Å². The molecule has 8 nitrogen and oxygen atoms in total. The van der Waals surface area contributed by atoms with Crippen molar-refractivity contribution in [1.82, 2.24) is 14.5 Å². The Kier molecular flexibility index (Phi) is 10.9. The Morgan fingerprint density at radius 2 is 1.59 bits per heavy atom. The zero-order valence-corrected chi connectivity index (χ0v) is 30.2. The fourth-order valence-electron chi connectivity index (χ4n) is 9.11. The minimum Gasteiger partial charge on any atom is -0.462 e. The van der Waals surface area contributed by atoms with Crippen LogP contribution in [0.4, 0.5) is 5.69 Å². The summed E-state index contributed by atoms with van der Waals surface area (Å²) in [6.07, 6.45) is 9.71. The van der Waals surface area contributed by atoms with Crippen molar-refractivity contribution in [2.75, 3.05) is 37.6 Å². The Hall–Kier alpha value is -4.43. The van der Waals surface area contributed by atoms with Gasteiger partial charge in [-0.1, -0.05) is 67.6 Å². The molecule has 3 atom stereocenters. The molecule has 0 radical (unpaired) electrons. The summed E-state index contributed by atoms with van der Waals surface area (Å²) >= 11 is 0. The smallest absolute Gasteiger partial charge is 0.338 e. The van der Waals surface area contributed by atoms with E-state index < -0.39 is 0 Å². The topological polar surface area (TPSA) is 76.9 Å². The zero-order valence-electron chi connectivity index (χ0n) is 30.2. The molecule has 3 aliphatic rings. The van der Waals surface area contributed by atoms with Crippen LogP contribution in [0, 0.1) is 24.7 Å². The average molecular weight is 689 g/mol. The third kappa shape index (κ3) is 7.76. The lowest BCUT2D eigenvalue weighted by Crippen LogP contribution is -2.55. The number of nitrogens with zero attached hydrogens (tertiary/aromatic N) is 4. The summed E-state index contributed by atoms with van der Waals surface area (Å²) in [7, 11) is 0. The number of imidazole rings is 1. The van der Waals surface area contributed by atoms with Gasteiger partial charge in [-0.2, -0.15) is 0 Å². The SMILES string of the molecule is CCC(=O)O[C@H]1CCC[C@@H]1[C@](Cn1ccnc1C)(c1ccccc1)C1CCN(CC2CN(c3ccc(C(=O)OCc4ccccc4)cc3)C2)CC1. The maximum atomic E-state index is 12.7. The van der Waals surface area contributed by atoms with E-state index in [-0.39, 0.29) is 36.0 Å². The molecule has 3 heterocycles. The van der Waals surface area contributed by atoms with Crippen LogP contribution in [0.2, 0.25) is 0 Å². The molecule has 51 heavy (non-hydrogen) atoms. The van der Waals surface area contributed by atoms with Gasteiger partial charge in [0.05, 0.1) is 5.56 Å². The molecule has 2 saturated heterocycles. The zero-order chi connectivity index (χ0) is 35.2. The van der Waals surface area contributed by atoms with Gasteiger partial charge >= 0.3 is 11.9 Å². The molecule has 4 aromatic rings. The fraction of sp³-hybridized carbons (Fsp3) is 0.465. The predicted molar refractivity (Wildman–Crippen MR) is 199 cm³/mol. The lowest BCUT2D eigenvalue weighted by molar-refractivity contribution is -0.152. The number of esters is 2. The van der Waals surface area contributed by atoms with Gasteiger partial charge in [0.15, 0.2) is 0 Å². The largest absolute Gasteiger partial charge is 0.462 e. The number of aryl methyl sites for hydroxylation is 1. The molecule has 268 valence electrons. The predicted octanol–water partition coefficient (Wildman–Crippen LogP) is 7.46. The summed E-state index contributed by atoms with van der Waals surface area (Å²) in [5, 5.41) is 0. The van der Waals surface area contributed by atoms with Crippen LogP contribution in [0.25, 0.3) is 0 Å². The van der Waals surface area contributed by atoms with E-state index in [1.54, 1.807) is 0 Å². The summed E-state index contributed by atoms with van der Waals surface area (Å²) in [4.78, 5) is 34.9. The first kappa shape index (κ1) is 35.0. The highest BCUT2D eigenvalue weighted by Gasteiger charge is 2.53. The van der Waals surface area contributed by atoms with Crippen LogP contribution in [-0.2, 0) is 32.8 Å². The highest BCUT2D eigenvalue weighted by Crippen LogP contribution is 2.52. The number of rotatable bonds is 13. The molecule has 3 fully saturated rings. The van der Waals surface area contributed by atoms with Crippen LogP contribution >= 0.6 is 0 Å². The molecule has 0 N–H and O–H groups in total. The van der Waals surface area contributed by atoms with Crippen molar-refractivity contribution in [1.29, 1.82) is 0 Å². The Labute approximate surface area is 302 Å². The molecule has 3 aromatic carbocycles. The van der Waals surface area contributed by atoms with Crippen LogP contribution in [0.15, 0.2) is 97.3 Å². The van der Waals surface area contributed by atoms with E-state index in [4.69, 9.17) is 9.47 Å². The molecule has 7 rings (SSSR count). The van der Waals surface area contributed by atoms with E-state index >= 15 is 0 Å². The second-order valence-corrected chi connectivity index (χ2v) is 14.9. The van der Waals surface area contributed by atoms with Gasteiger partial charge in [0.25, 0.3) is 0 Å². The van der Waals surface area contributed by atoms with E-state index in [1.165, 1.54) is 5.56 Å². The van der Waals surface area contributed by atoms with Crippen molar-refractivity contribution in [2.45, 2.75) is 77.0 Å². The second-order valence-electron chi connectivity index (χ2n) is 14.9. The van der Waals surface area contributed by atoms with Crippen LogP contribution in [0.1, 0.15) is 72.8 Å². The number of ether oxygens (including phenoxy) is 2. The number of carbonyl (C=O) groups is 2. The van der Waals surface area contributed by atoms with Gasteiger partial charge in [-0.3, -0.25) is 4.79 Å². The minimum atomic E-state index is -0.294. The molecule has 0 amide bonds. The molecule has 2 aliphatic heterocycles. The van der Waals surface area contributed by atoms with Gasteiger partial charge in [-0.25, -0.2) is 9.78 Å². The van der Waals surface area contributed by atoms with Crippen molar-refractivity contribution in [3.05, 3.63) is 120 Å². The van der Waals surface area contributed by atoms with Gasteiger partial charge in [-0.05, 0) is 93.4 Å². The summed E-state index contributed by atoms with van der Waals surface area (Å²) in [5.74, 6) is 1.98. The molecular weight excluding hydrogens is 636 g/mol. The van der Waals surface area contributed by atoms with Gasteiger partial charge in [0.1, 0.15) is 18.5 Å². The summed E-state index contributed by atoms with van der Waals surface area (Å²) in [5.41, 5.74) is 3.92. The number of anilines is 1. The standard InChI is InChI=1S/C43H52N4O4/c1-3-41(48)51-40-16-10-15-39(40)43(36-13-8-5-9-14-36,31-46-26-23-44-32(46)2)37-21-24-45(25-22-37)27-34-28-47(29-34)38-19-17-35(18-20-38)42(49)50-30-33-11-6-4-7-12-33/h4-9,11-14,17-20,23,26,34,37,39-40H,3,10,15-16,21-22,24-25,27-31H2,1-2H3/t39-,40-,43+/m0/s1. The lowest BCUT2D eigenvalue weighted by Gasteiger charge is -2.51. The number of hydrogen-bond acceptors (Lipinski definition) is 7. The Balaban J connectivity index is 0.988. The molecule has 1 aromatic heterocycles. The lowest BCUT2D eigenvalue weighted by atomic mass is 9.58. The first-order chi connectivity index (χ1) is 24.9. The van der Waals surface area contributed by atoms with Gasteiger partial charge in [0.2, 0.25) is 0 Å². The quantitative estimate of drug-likeness (QED) is 0.135. The van der Waals surface area contributed by atoms with Crippen LogP contribution in [0.5, 0.6) is 0 Å². The van der Waals surface area contributed by atoms with Gasteiger partial charge in [-0.15, -0.1) is 0 Å². The summed E-state index contributed by atoms with van der Waals surface area (Å²) in [6, 6.07) is 28.7. The monoisotopic (exact) mass is 688 g/mol. The van der Waals surface area contributed by atoms with E-state index in [0.717, 1.165) is 88.4 Å². The van der Waals surface area contributed by atoms with Gasteiger partial charge in [0, 0.05) is 67.9 Å². The maximum absolute atomic E-state index is 12.7. The molecule has 1 saturated carbocycles. The first-order valence-corrected chi connectivity index (χ1v) is 18.9. The summed E-state index contributed by atoms with van der Waals surface area (Å²) in [6.45, 7) is 10.4. The molecule has 8 heteroatoms. The van der Waals surface area contributed by atoms with Crippen molar-refractivity contribution in [3.63, 3.8) is 0 Å². The number of piperidine rings is 1. The molecule has 1 aliphatic carbocycles. The number of benzene rings is 3. The van der Waals surface area contributed by atoms with Crippen LogP contribution in [0.3, 0.4) is 0 Å². The highest BCUT2D eigenvalue weighted by atomic mass is 16.5. The molecule has 0 unspecified atom stereocenters. The van der Waals surface area contributed by atoms with Crippen LogP contribution < -0.4 is 4.90 Å². The first-order valence-electron chi connectivity index (χ1n) is 18.9. The fourth-order valence-corrected chi connectivity index (χ4v) is 9.11. The minimum absolute atomic E-state index is 0.0607. The Bertz CT molecular complexity index is 1730. The second kappa shape index (κ2) is 15.9. The maximum Gasteiger partial charge on any atom is 0.338 e. The van der Waals surface area contributed by atoms with E-state index in [2.05, 4.69) is 62.8 Å². The van der Waals surface area contributed by atoms with Crippen molar-refractivity contribution in [3.8, 4) is 0 Å². The van der Waals surface area contributed by atoms with E-state index in [9.17, 15) is 9.59 Å². The number of aromatic nitrogens is 2. The van der Waals surface area contributed by atoms with Crippen molar-refractivity contribution < 1.29 is 19.1 Å². The van der Waals surface area contributed by atoms with E-state index in [0.29, 0.717) is 23.8 Å². The number of likely N-dealkylation sites (tertiary alicyclic amines) is 1. The van der Waals surface area contributed by atoms with Crippen LogP contribution in [-0.4, -0.2) is 65.2 Å². The Morgan fingerprint density at radius 1 is 0.882 bits per heavy atom. The molecular formula is C43H52N4O4. The number of hydrogen-bond donors (Lipinski definition) is 0.